The number of aliphatic hydroxyl groups excluding tert-OH is 1. The van der Waals surface area contributed by atoms with Gasteiger partial charge in [0.25, 0.3) is 11.8 Å². The number of carbonyl (C=O) groups excluding carboxylic acids is 3. The molecule has 1 aromatic heterocycles. The molecule has 1 unspecified atom stereocenters. The summed E-state index contributed by atoms with van der Waals surface area (Å²) in [5, 5.41) is 15.5. The van der Waals surface area contributed by atoms with Crippen molar-refractivity contribution in [2.45, 2.75) is 25.6 Å². The van der Waals surface area contributed by atoms with Gasteiger partial charge in [-0.2, -0.15) is 13.2 Å². The Labute approximate surface area is 265 Å². The first-order valence-electron chi connectivity index (χ1n) is 14.3. The predicted molar refractivity (Wildman–Crippen MR) is 159 cm³/mol. The van der Waals surface area contributed by atoms with Crippen LogP contribution in [0.1, 0.15) is 33.8 Å². The fourth-order valence-corrected chi connectivity index (χ4v) is 5.61. The van der Waals surface area contributed by atoms with E-state index in [1.54, 1.807) is 4.90 Å². The van der Waals surface area contributed by atoms with E-state index in [1.165, 1.54) is 36.0 Å². The zero-order valence-corrected chi connectivity index (χ0v) is 25.1. The van der Waals surface area contributed by atoms with Crippen molar-refractivity contribution < 1.29 is 41.8 Å². The van der Waals surface area contributed by atoms with Crippen LogP contribution in [0.5, 0.6) is 5.75 Å². The third-order valence-electron chi connectivity index (χ3n) is 7.94. The molecule has 0 spiro atoms. The molecule has 3 N–H and O–H groups in total. The van der Waals surface area contributed by atoms with Crippen LogP contribution in [-0.4, -0.2) is 82.4 Å². The number of aliphatic imine (C=N–C) groups is 1. The number of aliphatic hydroxyl groups is 1. The van der Waals surface area contributed by atoms with Gasteiger partial charge in [0, 0.05) is 62.5 Å². The number of nitrogens with one attached hydrogen (secondary N) is 2. The van der Waals surface area contributed by atoms with Crippen molar-refractivity contribution in [3.05, 3.63) is 64.6 Å². The fourth-order valence-electron chi connectivity index (χ4n) is 5.35. The van der Waals surface area contributed by atoms with E-state index in [1.807, 2.05) is 0 Å². The molecule has 2 atom stereocenters. The molecule has 3 heterocycles. The van der Waals surface area contributed by atoms with Gasteiger partial charge in [-0.25, -0.2) is 14.4 Å². The van der Waals surface area contributed by atoms with Gasteiger partial charge in [0.2, 0.25) is 11.7 Å². The number of alkyl halides is 2. The highest BCUT2D eigenvalue weighted by molar-refractivity contribution is 6.34. The summed E-state index contributed by atoms with van der Waals surface area (Å²) in [4.78, 5) is 48.3. The van der Waals surface area contributed by atoms with E-state index in [0.717, 1.165) is 18.3 Å². The highest BCUT2D eigenvalue weighted by Gasteiger charge is 2.30. The number of likely N-dealkylation sites (tertiary alicyclic amines) is 1. The summed E-state index contributed by atoms with van der Waals surface area (Å²) in [6, 6.07) is 6.17. The minimum Gasteiger partial charge on any atom is -0.432 e. The van der Waals surface area contributed by atoms with E-state index in [9.17, 15) is 37.1 Å². The topological polar surface area (TPSA) is 138 Å². The Bertz CT molecular complexity index is 1680. The second-order valence-electron chi connectivity index (χ2n) is 10.9. The quantitative estimate of drug-likeness (QED) is 0.245. The number of rotatable bonds is 8. The Morgan fingerprint density at radius 2 is 1.89 bits per heavy atom. The number of amides is 3. The summed E-state index contributed by atoms with van der Waals surface area (Å²) in [5.74, 6) is -6.11. The van der Waals surface area contributed by atoms with Gasteiger partial charge < -0.3 is 29.9 Å². The minimum absolute atomic E-state index is 0.00805. The molecule has 0 aliphatic carbocycles. The van der Waals surface area contributed by atoms with Gasteiger partial charge in [-0.1, -0.05) is 11.6 Å². The first-order chi connectivity index (χ1) is 21.9. The third kappa shape index (κ3) is 7.06. The van der Waals surface area contributed by atoms with E-state index in [2.05, 4.69) is 25.3 Å². The lowest BCUT2D eigenvalue weighted by molar-refractivity contribution is -0.122. The number of imidazole rings is 1. The normalized spacial score (nSPS) is 18.8. The van der Waals surface area contributed by atoms with Crippen molar-refractivity contribution in [1.82, 2.24) is 19.8 Å². The van der Waals surface area contributed by atoms with Crippen LogP contribution in [0.25, 0.3) is 11.3 Å². The maximum absolute atomic E-state index is 14.7. The monoisotopic (exact) mass is 664 g/mol. The van der Waals surface area contributed by atoms with Crippen molar-refractivity contribution in [3.8, 4) is 17.0 Å². The van der Waals surface area contributed by atoms with Crippen LogP contribution >= 0.6 is 11.6 Å². The van der Waals surface area contributed by atoms with Crippen molar-refractivity contribution in [2.75, 3.05) is 31.5 Å². The Kier molecular flexibility index (Phi) is 10.0. The summed E-state index contributed by atoms with van der Waals surface area (Å²) < 4.78 is 59.0. The number of hydrogen-bond acceptors (Lipinski definition) is 7. The van der Waals surface area contributed by atoms with E-state index < -0.39 is 36.0 Å². The molecular formula is C30H29ClF4N6O5. The molecule has 46 heavy (non-hydrogen) atoms. The molecule has 5 rings (SSSR count). The SMILES string of the molecule is Cn1c(-c2ccc(OC(F)F)c(F)c2F)cnc1C(=O)Nc1ccc(C(=O)N2CCC(C(=O)N=CC3CNC[C@H]3O)CC2)c(Cl)c1. The lowest BCUT2D eigenvalue weighted by Gasteiger charge is -2.31. The smallest absolute Gasteiger partial charge is 0.387 e. The number of carbonyl (C=O) groups is 3. The number of piperidine rings is 1. The molecule has 2 aliphatic rings. The van der Waals surface area contributed by atoms with Crippen LogP contribution in [0.2, 0.25) is 5.02 Å². The van der Waals surface area contributed by atoms with E-state index in [4.69, 9.17) is 11.6 Å². The average Bonchev–Trinajstić information content (AvgIpc) is 3.62. The number of benzene rings is 2. The van der Waals surface area contributed by atoms with Gasteiger partial charge in [-0.15, -0.1) is 0 Å². The van der Waals surface area contributed by atoms with Crippen LogP contribution in [0.3, 0.4) is 0 Å². The number of β-amino-alcohol motifs (C(OH)–C–C–N with tert-alkyl or cyclic N) is 1. The summed E-state index contributed by atoms with van der Waals surface area (Å²) >= 11 is 6.41. The number of hydrogen-bond donors (Lipinski definition) is 3. The molecular weight excluding hydrogens is 636 g/mol. The minimum atomic E-state index is -3.34. The highest BCUT2D eigenvalue weighted by atomic mass is 35.5. The van der Waals surface area contributed by atoms with E-state index in [-0.39, 0.29) is 57.0 Å². The molecule has 0 bridgehead atoms. The summed E-state index contributed by atoms with van der Waals surface area (Å²) in [5.41, 5.74) is 0.0841. The van der Waals surface area contributed by atoms with Crippen LogP contribution in [0.15, 0.2) is 41.5 Å². The van der Waals surface area contributed by atoms with Gasteiger partial charge >= 0.3 is 6.61 Å². The largest absolute Gasteiger partial charge is 0.432 e. The zero-order valence-electron chi connectivity index (χ0n) is 24.4. The van der Waals surface area contributed by atoms with Crippen LogP contribution < -0.4 is 15.4 Å². The fraction of sp³-hybridized carbons (Fsp3) is 0.367. The van der Waals surface area contributed by atoms with E-state index in [0.29, 0.717) is 39.0 Å². The lowest BCUT2D eigenvalue weighted by atomic mass is 9.95. The molecule has 16 heteroatoms. The van der Waals surface area contributed by atoms with Gasteiger partial charge in [-0.3, -0.25) is 14.4 Å². The Morgan fingerprint density at radius 3 is 2.54 bits per heavy atom. The molecule has 2 saturated heterocycles. The Balaban J connectivity index is 1.20. The molecule has 11 nitrogen and oxygen atoms in total. The van der Waals surface area contributed by atoms with Gasteiger partial charge in [0.05, 0.1) is 28.6 Å². The number of halogens is 5. The van der Waals surface area contributed by atoms with Gasteiger partial charge in [-0.05, 0) is 43.2 Å². The van der Waals surface area contributed by atoms with Crippen LogP contribution in [0.4, 0.5) is 23.2 Å². The van der Waals surface area contributed by atoms with Crippen molar-refractivity contribution in [3.63, 3.8) is 0 Å². The number of aromatic nitrogens is 2. The first kappa shape index (κ1) is 33.0. The van der Waals surface area contributed by atoms with Gasteiger partial charge in [0.15, 0.2) is 17.4 Å². The second kappa shape index (κ2) is 14.0. The van der Waals surface area contributed by atoms with E-state index >= 15 is 0 Å². The molecule has 0 radical (unpaired) electrons. The third-order valence-corrected chi connectivity index (χ3v) is 8.25. The molecule has 2 aliphatic heterocycles. The second-order valence-corrected chi connectivity index (χ2v) is 11.3. The highest BCUT2D eigenvalue weighted by Crippen LogP contribution is 2.31. The first-order valence-corrected chi connectivity index (χ1v) is 14.6. The molecule has 3 aromatic rings. The van der Waals surface area contributed by atoms with Crippen molar-refractivity contribution >= 4 is 41.2 Å². The zero-order chi connectivity index (χ0) is 33.1. The van der Waals surface area contributed by atoms with Gasteiger partial charge in [0.1, 0.15) is 0 Å². The molecule has 3 amide bonds. The molecule has 2 aromatic carbocycles. The summed E-state index contributed by atoms with van der Waals surface area (Å²) in [7, 11) is 1.38. The van der Waals surface area contributed by atoms with Crippen LogP contribution in [-0.2, 0) is 11.8 Å². The molecule has 0 saturated carbocycles. The maximum atomic E-state index is 14.7. The molecule has 244 valence electrons. The van der Waals surface area contributed by atoms with Crippen molar-refractivity contribution in [1.29, 1.82) is 0 Å². The maximum Gasteiger partial charge on any atom is 0.387 e. The summed E-state index contributed by atoms with van der Waals surface area (Å²) in [6.07, 6.45) is 2.89. The molecule has 2 fully saturated rings. The summed E-state index contributed by atoms with van der Waals surface area (Å²) in [6.45, 7) is -1.69. The average molecular weight is 665 g/mol. The number of anilines is 1. The predicted octanol–water partition coefficient (Wildman–Crippen LogP) is 3.90. The number of nitrogens with zero attached hydrogens (tertiary/aromatic N) is 4. The van der Waals surface area contributed by atoms with Crippen LogP contribution in [0, 0.1) is 23.5 Å². The standard InChI is InChI=1S/C30H29ClF4N6O5/c1-40-21(19-4-5-23(46-30(34)35)25(33)24(19)32)13-37-26(40)28(44)39-17-2-3-18(20(31)10-17)29(45)41-8-6-15(7-9-41)27(43)38-12-16-11-36-14-22(16)42/h2-5,10,12-13,15-16,22,30,36,42H,6-9,11,14H2,1H3,(H,39,44)/t16?,22-/m1/s1. The van der Waals surface area contributed by atoms with Crippen molar-refractivity contribution in [2.24, 2.45) is 23.9 Å². The lowest BCUT2D eigenvalue weighted by Crippen LogP contribution is -2.40. The Hall–Kier alpha value is -4.34. The number of ether oxygens (including phenoxy) is 1. The Morgan fingerprint density at radius 1 is 1.15 bits per heavy atom.